The van der Waals surface area contributed by atoms with Crippen molar-refractivity contribution in [1.29, 1.82) is 0 Å². The lowest BCUT2D eigenvalue weighted by atomic mass is 10.1. The molecule has 0 saturated carbocycles. The second-order valence-corrected chi connectivity index (χ2v) is 2.98. The van der Waals surface area contributed by atoms with E-state index in [2.05, 4.69) is 14.7 Å². The van der Waals surface area contributed by atoms with Gasteiger partial charge in [-0.15, -0.1) is 0 Å². The number of esters is 1. The van der Waals surface area contributed by atoms with Crippen LogP contribution in [0.1, 0.15) is 17.0 Å². The fourth-order valence-corrected chi connectivity index (χ4v) is 1.24. The van der Waals surface area contributed by atoms with Crippen LogP contribution in [0.25, 0.3) is 0 Å². The highest BCUT2D eigenvalue weighted by Gasteiger charge is 2.11. The van der Waals surface area contributed by atoms with Crippen molar-refractivity contribution in [1.82, 2.24) is 9.97 Å². The van der Waals surface area contributed by atoms with Crippen molar-refractivity contribution in [2.45, 2.75) is 20.3 Å². The van der Waals surface area contributed by atoms with Crippen molar-refractivity contribution in [3.05, 3.63) is 17.0 Å². The Morgan fingerprint density at radius 1 is 1.36 bits per heavy atom. The number of rotatable bonds is 2. The van der Waals surface area contributed by atoms with Crippen molar-refractivity contribution in [3.8, 4) is 0 Å². The fraction of sp³-hybridized carbons (Fsp3) is 0.444. The van der Waals surface area contributed by atoms with E-state index >= 15 is 0 Å². The Labute approximate surface area is 82.3 Å². The van der Waals surface area contributed by atoms with Crippen LogP contribution in [-0.2, 0) is 16.0 Å². The molecule has 1 heterocycles. The van der Waals surface area contributed by atoms with Crippen LogP contribution >= 0.6 is 0 Å². The number of carbonyl (C=O) groups is 1. The molecule has 1 aromatic heterocycles. The number of nitrogens with zero attached hydrogens (tertiary/aromatic N) is 2. The SMILES string of the molecule is COC(=O)Cc1c(C)nc(N)nc1C. The molecule has 0 spiro atoms. The van der Waals surface area contributed by atoms with Crippen LogP contribution in [0.3, 0.4) is 0 Å². The van der Waals surface area contributed by atoms with Crippen molar-refractivity contribution >= 4 is 11.9 Å². The molecule has 2 N–H and O–H groups in total. The van der Waals surface area contributed by atoms with Crippen LogP contribution < -0.4 is 5.73 Å². The first-order valence-corrected chi connectivity index (χ1v) is 4.21. The van der Waals surface area contributed by atoms with E-state index < -0.39 is 0 Å². The van der Waals surface area contributed by atoms with Gasteiger partial charge >= 0.3 is 5.97 Å². The number of ether oxygens (including phenoxy) is 1. The maximum atomic E-state index is 11.1. The normalized spacial score (nSPS) is 9.93. The molecule has 5 nitrogen and oxygen atoms in total. The van der Waals surface area contributed by atoms with E-state index in [0.29, 0.717) is 0 Å². The van der Waals surface area contributed by atoms with Gasteiger partial charge in [0, 0.05) is 17.0 Å². The van der Waals surface area contributed by atoms with E-state index in [-0.39, 0.29) is 18.3 Å². The molecule has 1 aromatic rings. The first-order valence-electron chi connectivity index (χ1n) is 4.21. The Balaban J connectivity index is 3.02. The second kappa shape index (κ2) is 4.04. The molecule has 0 aliphatic rings. The minimum absolute atomic E-state index is 0.189. The zero-order valence-electron chi connectivity index (χ0n) is 8.50. The summed E-state index contributed by atoms with van der Waals surface area (Å²) in [4.78, 5) is 19.0. The summed E-state index contributed by atoms with van der Waals surface area (Å²) in [7, 11) is 1.35. The number of hydrogen-bond acceptors (Lipinski definition) is 5. The Morgan fingerprint density at radius 2 is 1.86 bits per heavy atom. The third-order valence-electron chi connectivity index (χ3n) is 1.99. The maximum Gasteiger partial charge on any atom is 0.310 e. The first-order chi connectivity index (χ1) is 6.54. The predicted molar refractivity (Wildman–Crippen MR) is 51.6 cm³/mol. The van der Waals surface area contributed by atoms with Gasteiger partial charge in [-0.3, -0.25) is 4.79 Å². The lowest BCUT2D eigenvalue weighted by Gasteiger charge is -2.07. The van der Waals surface area contributed by atoms with E-state index in [1.807, 2.05) is 0 Å². The molecule has 0 aliphatic carbocycles. The van der Waals surface area contributed by atoms with Gasteiger partial charge in [0.1, 0.15) is 0 Å². The molecule has 0 amide bonds. The molecular weight excluding hydrogens is 182 g/mol. The van der Waals surface area contributed by atoms with E-state index in [1.54, 1.807) is 13.8 Å². The fourth-order valence-electron chi connectivity index (χ4n) is 1.24. The molecule has 0 atom stereocenters. The quantitative estimate of drug-likeness (QED) is 0.691. The minimum Gasteiger partial charge on any atom is -0.469 e. The lowest BCUT2D eigenvalue weighted by Crippen LogP contribution is -2.11. The average molecular weight is 195 g/mol. The smallest absolute Gasteiger partial charge is 0.310 e. The van der Waals surface area contributed by atoms with Crippen molar-refractivity contribution in [2.75, 3.05) is 12.8 Å². The van der Waals surface area contributed by atoms with E-state index in [4.69, 9.17) is 5.73 Å². The van der Waals surface area contributed by atoms with E-state index in [9.17, 15) is 4.79 Å². The molecule has 1 rings (SSSR count). The van der Waals surface area contributed by atoms with Gasteiger partial charge < -0.3 is 10.5 Å². The summed E-state index contributed by atoms with van der Waals surface area (Å²) in [5.74, 6) is -0.0711. The number of methoxy groups -OCH3 is 1. The molecule has 0 radical (unpaired) electrons. The summed E-state index contributed by atoms with van der Waals surface area (Å²) in [6, 6.07) is 0. The molecule has 0 aromatic carbocycles. The Morgan fingerprint density at radius 3 is 2.29 bits per heavy atom. The second-order valence-electron chi connectivity index (χ2n) is 2.98. The van der Waals surface area contributed by atoms with Gasteiger partial charge in [0.25, 0.3) is 0 Å². The lowest BCUT2D eigenvalue weighted by molar-refractivity contribution is -0.139. The molecule has 0 saturated heterocycles. The number of carbonyl (C=O) groups excluding carboxylic acids is 1. The molecule has 76 valence electrons. The summed E-state index contributed by atoms with van der Waals surface area (Å²) in [6.45, 7) is 3.59. The van der Waals surface area contributed by atoms with Crippen molar-refractivity contribution in [2.24, 2.45) is 0 Å². The van der Waals surface area contributed by atoms with Gasteiger partial charge in [-0.1, -0.05) is 0 Å². The van der Waals surface area contributed by atoms with Crippen LogP contribution in [0.5, 0.6) is 0 Å². The standard InChI is InChI=1S/C9H13N3O2/c1-5-7(4-8(13)14-3)6(2)12-9(10)11-5/h4H2,1-3H3,(H2,10,11,12). The molecule has 0 aliphatic heterocycles. The zero-order chi connectivity index (χ0) is 10.7. The van der Waals surface area contributed by atoms with Crippen LogP contribution in [0.2, 0.25) is 0 Å². The maximum absolute atomic E-state index is 11.1. The summed E-state index contributed by atoms with van der Waals surface area (Å²) in [6.07, 6.45) is 0.189. The molecule has 14 heavy (non-hydrogen) atoms. The van der Waals surface area contributed by atoms with Gasteiger partial charge in [0.05, 0.1) is 13.5 Å². The summed E-state index contributed by atoms with van der Waals surface area (Å²) < 4.78 is 4.57. The predicted octanol–water partition coefficient (Wildman–Crippen LogP) is 0.391. The van der Waals surface area contributed by atoms with Crippen LogP contribution in [0, 0.1) is 13.8 Å². The van der Waals surface area contributed by atoms with Gasteiger partial charge in [-0.25, -0.2) is 9.97 Å². The Bertz CT molecular complexity index is 340. The van der Waals surface area contributed by atoms with Crippen molar-refractivity contribution in [3.63, 3.8) is 0 Å². The molecule has 0 fully saturated rings. The molecular formula is C9H13N3O2. The first kappa shape index (κ1) is 10.4. The topological polar surface area (TPSA) is 78.1 Å². The Hall–Kier alpha value is -1.65. The molecule has 0 unspecified atom stereocenters. The number of hydrogen-bond donors (Lipinski definition) is 1. The third-order valence-corrected chi connectivity index (χ3v) is 1.99. The average Bonchev–Trinajstić information content (AvgIpc) is 2.10. The van der Waals surface area contributed by atoms with Gasteiger partial charge in [0.15, 0.2) is 0 Å². The monoisotopic (exact) mass is 195 g/mol. The molecule has 5 heteroatoms. The Kier molecular flexibility index (Phi) is 3.01. The van der Waals surface area contributed by atoms with Gasteiger partial charge in [-0.2, -0.15) is 0 Å². The van der Waals surface area contributed by atoms with Crippen molar-refractivity contribution < 1.29 is 9.53 Å². The third kappa shape index (κ3) is 2.18. The van der Waals surface area contributed by atoms with Crippen LogP contribution in [0.4, 0.5) is 5.95 Å². The number of nitrogen functional groups attached to an aromatic ring is 1. The number of aromatic nitrogens is 2. The van der Waals surface area contributed by atoms with E-state index in [1.165, 1.54) is 7.11 Å². The minimum atomic E-state index is -0.301. The highest BCUT2D eigenvalue weighted by molar-refractivity contribution is 5.73. The summed E-state index contributed by atoms with van der Waals surface area (Å²) in [5.41, 5.74) is 7.68. The van der Waals surface area contributed by atoms with Crippen LogP contribution in [-0.4, -0.2) is 23.0 Å². The molecule has 0 bridgehead atoms. The highest BCUT2D eigenvalue weighted by atomic mass is 16.5. The van der Waals surface area contributed by atoms with Crippen LogP contribution in [0.15, 0.2) is 0 Å². The van der Waals surface area contributed by atoms with Gasteiger partial charge in [0.2, 0.25) is 5.95 Å². The van der Waals surface area contributed by atoms with E-state index in [0.717, 1.165) is 17.0 Å². The largest absolute Gasteiger partial charge is 0.469 e. The number of nitrogens with two attached hydrogens (primary N) is 1. The number of anilines is 1. The summed E-state index contributed by atoms with van der Waals surface area (Å²) >= 11 is 0. The number of aryl methyl sites for hydroxylation is 2. The van der Waals surface area contributed by atoms with Gasteiger partial charge in [-0.05, 0) is 13.8 Å². The summed E-state index contributed by atoms with van der Waals surface area (Å²) in [5, 5.41) is 0. The highest BCUT2D eigenvalue weighted by Crippen LogP contribution is 2.12. The zero-order valence-corrected chi connectivity index (χ0v) is 8.50.